The predicted octanol–water partition coefficient (Wildman–Crippen LogP) is 8.06. The second kappa shape index (κ2) is 9.27. The lowest BCUT2D eigenvalue weighted by Crippen LogP contribution is -2.29. The van der Waals surface area contributed by atoms with Gasteiger partial charge in [-0.05, 0) is 104 Å². The average molecular weight is 548 g/mol. The minimum absolute atomic E-state index is 0.136. The van der Waals surface area contributed by atoms with Crippen molar-refractivity contribution in [3.8, 4) is 0 Å². The Labute approximate surface area is 235 Å². The second-order valence-corrected chi connectivity index (χ2v) is 12.9. The van der Waals surface area contributed by atoms with Crippen LogP contribution in [0.3, 0.4) is 0 Å². The van der Waals surface area contributed by atoms with E-state index in [1.165, 1.54) is 27.4 Å². The maximum Gasteiger partial charge on any atom is 0.261 e. The van der Waals surface area contributed by atoms with Gasteiger partial charge < -0.3 is 9.88 Å². The molecule has 0 saturated heterocycles. The van der Waals surface area contributed by atoms with E-state index in [0.717, 1.165) is 35.3 Å². The third-order valence-corrected chi connectivity index (χ3v) is 9.97. The SMILES string of the molecule is CCn1c2ccccc2c2cc(C3Nc4ccc(S(=O)(=O)Nc5cc(C)cc(C)c5)cc4C4C=CCC43)ccc21. The molecule has 0 saturated carbocycles. The van der Waals surface area contributed by atoms with Crippen LogP contribution in [-0.2, 0) is 16.6 Å². The van der Waals surface area contributed by atoms with Crippen LogP contribution in [0.15, 0.2) is 95.9 Å². The van der Waals surface area contributed by atoms with E-state index in [2.05, 4.69) is 76.1 Å². The average Bonchev–Trinajstić information content (AvgIpc) is 3.54. The number of hydrogen-bond donors (Lipinski definition) is 2. The Morgan fingerprint density at radius 2 is 1.68 bits per heavy atom. The molecule has 1 aliphatic heterocycles. The molecule has 202 valence electrons. The molecule has 0 amide bonds. The summed E-state index contributed by atoms with van der Waals surface area (Å²) in [5.74, 6) is 0.472. The zero-order chi connectivity index (χ0) is 27.6. The minimum atomic E-state index is -3.72. The van der Waals surface area contributed by atoms with Gasteiger partial charge in [0.2, 0.25) is 0 Å². The molecule has 7 rings (SSSR count). The zero-order valence-corrected chi connectivity index (χ0v) is 23.8. The summed E-state index contributed by atoms with van der Waals surface area (Å²) >= 11 is 0. The number of fused-ring (bicyclic) bond motifs is 6. The number of aromatic nitrogens is 1. The number of benzene rings is 4. The number of aryl methyl sites for hydroxylation is 3. The van der Waals surface area contributed by atoms with Crippen molar-refractivity contribution in [1.29, 1.82) is 0 Å². The van der Waals surface area contributed by atoms with Crippen LogP contribution in [0.4, 0.5) is 11.4 Å². The summed E-state index contributed by atoms with van der Waals surface area (Å²) < 4.78 is 32.0. The van der Waals surface area contributed by atoms with Crippen LogP contribution in [0.5, 0.6) is 0 Å². The molecule has 3 atom stereocenters. The molecule has 0 spiro atoms. The number of nitrogens with zero attached hydrogens (tertiary/aromatic N) is 1. The molecule has 2 N–H and O–H groups in total. The molecule has 1 aliphatic carbocycles. The van der Waals surface area contributed by atoms with Crippen LogP contribution >= 0.6 is 0 Å². The highest BCUT2D eigenvalue weighted by atomic mass is 32.2. The van der Waals surface area contributed by atoms with Crippen LogP contribution in [0, 0.1) is 19.8 Å². The van der Waals surface area contributed by atoms with Crippen molar-refractivity contribution in [2.24, 2.45) is 5.92 Å². The number of para-hydroxylation sites is 1. The van der Waals surface area contributed by atoms with Gasteiger partial charge in [-0.1, -0.05) is 42.5 Å². The number of rotatable bonds is 5. The highest BCUT2D eigenvalue weighted by Gasteiger charge is 2.38. The number of hydrogen-bond acceptors (Lipinski definition) is 3. The highest BCUT2D eigenvalue weighted by Crippen LogP contribution is 2.50. The molecular weight excluding hydrogens is 514 g/mol. The molecular formula is C34H33N3O2S. The van der Waals surface area contributed by atoms with Crippen molar-refractivity contribution in [1.82, 2.24) is 4.57 Å². The van der Waals surface area contributed by atoms with Gasteiger partial charge in [0.05, 0.1) is 10.9 Å². The summed E-state index contributed by atoms with van der Waals surface area (Å²) in [6, 6.07) is 26.9. The van der Waals surface area contributed by atoms with Crippen molar-refractivity contribution in [3.63, 3.8) is 0 Å². The summed E-state index contributed by atoms with van der Waals surface area (Å²) in [7, 11) is -3.72. The van der Waals surface area contributed by atoms with Crippen molar-refractivity contribution in [2.75, 3.05) is 10.0 Å². The summed E-state index contributed by atoms with van der Waals surface area (Å²) in [6.07, 6.45) is 5.45. The summed E-state index contributed by atoms with van der Waals surface area (Å²) in [6.45, 7) is 7.06. The van der Waals surface area contributed by atoms with Crippen LogP contribution < -0.4 is 10.0 Å². The third-order valence-electron chi connectivity index (χ3n) is 8.59. The third kappa shape index (κ3) is 4.01. The van der Waals surface area contributed by atoms with Crippen molar-refractivity contribution >= 4 is 43.2 Å². The summed E-state index contributed by atoms with van der Waals surface area (Å²) in [4.78, 5) is 0.290. The van der Waals surface area contributed by atoms with Gasteiger partial charge in [0.15, 0.2) is 0 Å². The maximum atomic E-state index is 13.4. The van der Waals surface area contributed by atoms with E-state index in [4.69, 9.17) is 0 Å². The lowest BCUT2D eigenvalue weighted by atomic mass is 9.77. The van der Waals surface area contributed by atoms with Crippen LogP contribution in [0.2, 0.25) is 0 Å². The van der Waals surface area contributed by atoms with Crippen LogP contribution in [0.1, 0.15) is 47.6 Å². The monoisotopic (exact) mass is 547 g/mol. The lowest BCUT2D eigenvalue weighted by Gasteiger charge is -2.37. The van der Waals surface area contributed by atoms with Crippen molar-refractivity contribution < 1.29 is 8.42 Å². The molecule has 2 heterocycles. The van der Waals surface area contributed by atoms with Gasteiger partial charge >= 0.3 is 0 Å². The smallest absolute Gasteiger partial charge is 0.261 e. The van der Waals surface area contributed by atoms with Crippen LogP contribution in [0.25, 0.3) is 21.8 Å². The Morgan fingerprint density at radius 3 is 2.48 bits per heavy atom. The first-order valence-electron chi connectivity index (χ1n) is 14.0. The van der Waals surface area contributed by atoms with E-state index < -0.39 is 10.0 Å². The zero-order valence-electron chi connectivity index (χ0n) is 23.0. The Morgan fingerprint density at radius 1 is 0.900 bits per heavy atom. The van der Waals surface area contributed by atoms with Crippen molar-refractivity contribution in [2.45, 2.75) is 50.6 Å². The fourth-order valence-electron chi connectivity index (χ4n) is 6.92. The first-order chi connectivity index (χ1) is 19.3. The molecule has 5 nitrogen and oxygen atoms in total. The molecule has 2 aliphatic rings. The molecule has 1 aromatic heterocycles. The lowest BCUT2D eigenvalue weighted by molar-refractivity contribution is 0.425. The van der Waals surface area contributed by atoms with E-state index >= 15 is 0 Å². The van der Waals surface area contributed by atoms with Gasteiger partial charge in [0.25, 0.3) is 10.0 Å². The second-order valence-electron chi connectivity index (χ2n) is 11.2. The molecule has 4 aromatic carbocycles. The first-order valence-corrected chi connectivity index (χ1v) is 15.5. The summed E-state index contributed by atoms with van der Waals surface area (Å²) in [5, 5.41) is 6.36. The number of anilines is 2. The first kappa shape index (κ1) is 25.0. The predicted molar refractivity (Wildman–Crippen MR) is 165 cm³/mol. The number of nitrogens with one attached hydrogen (secondary N) is 2. The quantitative estimate of drug-likeness (QED) is 0.219. The van der Waals surface area contributed by atoms with Gasteiger partial charge in [0.1, 0.15) is 0 Å². The number of allylic oxidation sites excluding steroid dienone is 2. The van der Waals surface area contributed by atoms with Gasteiger partial charge in [-0.3, -0.25) is 4.72 Å². The largest absolute Gasteiger partial charge is 0.378 e. The molecule has 5 aromatic rings. The molecule has 6 heteroatoms. The van der Waals surface area contributed by atoms with Gasteiger partial charge in [-0.25, -0.2) is 8.42 Å². The fraction of sp³-hybridized carbons (Fsp3) is 0.235. The maximum absolute atomic E-state index is 13.4. The summed E-state index contributed by atoms with van der Waals surface area (Å²) in [5.41, 5.74) is 8.47. The van der Waals surface area contributed by atoms with Gasteiger partial charge in [-0.2, -0.15) is 0 Å². The standard InChI is InChI=1S/C34H33N3O2S/c1-4-37-32-11-6-5-8-27(32)30-19-23(12-15-33(30)37)34-28-10-7-9-26(28)29-20-25(13-14-31(29)35-34)40(38,39)36-24-17-21(2)16-22(3)18-24/h5-9,11-20,26,28,34-36H,4,10H2,1-3H3. The van der Waals surface area contributed by atoms with E-state index in [9.17, 15) is 8.42 Å². The van der Waals surface area contributed by atoms with E-state index in [1.807, 2.05) is 44.2 Å². The molecule has 0 bridgehead atoms. The number of sulfonamides is 1. The Hall–Kier alpha value is -4.03. The molecule has 40 heavy (non-hydrogen) atoms. The van der Waals surface area contributed by atoms with Gasteiger partial charge in [-0.15, -0.1) is 0 Å². The normalized spacial score (nSPS) is 19.9. The van der Waals surface area contributed by atoms with Crippen LogP contribution in [-0.4, -0.2) is 13.0 Å². The Balaban J connectivity index is 1.26. The highest BCUT2D eigenvalue weighted by molar-refractivity contribution is 7.92. The van der Waals surface area contributed by atoms with E-state index in [1.54, 1.807) is 6.07 Å². The fourth-order valence-corrected chi connectivity index (χ4v) is 8.00. The Bertz CT molecular complexity index is 1920. The molecule has 0 radical (unpaired) electrons. The van der Waals surface area contributed by atoms with Crippen molar-refractivity contribution in [3.05, 3.63) is 113 Å². The van der Waals surface area contributed by atoms with E-state index in [0.29, 0.717) is 16.5 Å². The molecule has 3 unspecified atom stereocenters. The van der Waals surface area contributed by atoms with Gasteiger partial charge in [0, 0.05) is 45.6 Å². The minimum Gasteiger partial charge on any atom is -0.378 e. The van der Waals surface area contributed by atoms with E-state index in [-0.39, 0.29) is 12.0 Å². The Kier molecular flexibility index (Phi) is 5.79. The molecule has 0 fully saturated rings. The topological polar surface area (TPSA) is 63.1 Å².